The molecule has 1 N–H and O–H groups in total. The highest BCUT2D eigenvalue weighted by Crippen LogP contribution is 2.23. The van der Waals surface area contributed by atoms with Gasteiger partial charge in [-0.3, -0.25) is 10.1 Å². The molecule has 0 aromatic heterocycles. The van der Waals surface area contributed by atoms with E-state index in [0.29, 0.717) is 5.02 Å². The zero-order valence-corrected chi connectivity index (χ0v) is 11.9. The summed E-state index contributed by atoms with van der Waals surface area (Å²) in [6.07, 6.45) is 0. The zero-order valence-electron chi connectivity index (χ0n) is 10.3. The first-order chi connectivity index (χ1) is 8.91. The number of methoxy groups -OCH3 is 1. The quantitative estimate of drug-likeness (QED) is 0.823. The summed E-state index contributed by atoms with van der Waals surface area (Å²) >= 11 is 5.80. The van der Waals surface area contributed by atoms with Gasteiger partial charge in [0, 0.05) is 11.1 Å². The SMILES string of the molecule is COC(=O)C1CS(=O)(=O)CC(c2ccc(Cl)cc2)N1. The Balaban J connectivity index is 2.25. The number of carbonyl (C=O) groups is 1. The lowest BCUT2D eigenvalue weighted by atomic mass is 10.1. The van der Waals surface area contributed by atoms with Crippen LogP contribution in [0.1, 0.15) is 11.6 Å². The van der Waals surface area contributed by atoms with Crippen LogP contribution in [0.3, 0.4) is 0 Å². The van der Waals surface area contributed by atoms with Gasteiger partial charge in [0.2, 0.25) is 0 Å². The fraction of sp³-hybridized carbons (Fsp3) is 0.417. The number of halogens is 1. The Morgan fingerprint density at radius 3 is 2.53 bits per heavy atom. The van der Waals surface area contributed by atoms with E-state index in [1.165, 1.54) is 7.11 Å². The van der Waals surface area contributed by atoms with Crippen molar-refractivity contribution < 1.29 is 17.9 Å². The van der Waals surface area contributed by atoms with Crippen molar-refractivity contribution in [3.05, 3.63) is 34.9 Å². The Hall–Kier alpha value is -1.11. The molecule has 0 radical (unpaired) electrons. The molecule has 1 heterocycles. The van der Waals surface area contributed by atoms with Crippen molar-refractivity contribution in [3.63, 3.8) is 0 Å². The minimum atomic E-state index is -3.29. The van der Waals surface area contributed by atoms with E-state index in [0.717, 1.165) is 5.56 Å². The minimum absolute atomic E-state index is 0.0396. The second kappa shape index (κ2) is 5.48. The molecule has 1 saturated heterocycles. The molecule has 0 aliphatic carbocycles. The van der Waals surface area contributed by atoms with Gasteiger partial charge in [-0.15, -0.1) is 0 Å². The molecular weight excluding hydrogens is 290 g/mol. The average molecular weight is 304 g/mol. The van der Waals surface area contributed by atoms with Crippen molar-refractivity contribution in [2.45, 2.75) is 12.1 Å². The van der Waals surface area contributed by atoms with Crippen LogP contribution in [0.25, 0.3) is 0 Å². The van der Waals surface area contributed by atoms with Gasteiger partial charge >= 0.3 is 5.97 Å². The third-order valence-corrected chi connectivity index (χ3v) is 4.94. The summed E-state index contributed by atoms with van der Waals surface area (Å²) in [4.78, 5) is 11.5. The minimum Gasteiger partial charge on any atom is -0.468 e. The number of sulfone groups is 1. The molecule has 0 saturated carbocycles. The van der Waals surface area contributed by atoms with Gasteiger partial charge < -0.3 is 4.74 Å². The molecule has 0 amide bonds. The first-order valence-corrected chi connectivity index (χ1v) is 7.91. The topological polar surface area (TPSA) is 72.5 Å². The van der Waals surface area contributed by atoms with Gasteiger partial charge in [-0.2, -0.15) is 0 Å². The average Bonchev–Trinajstić information content (AvgIpc) is 2.36. The maximum atomic E-state index is 11.9. The van der Waals surface area contributed by atoms with Crippen LogP contribution in [-0.2, 0) is 19.4 Å². The molecular formula is C12H14ClNO4S. The number of benzene rings is 1. The Bertz CT molecular complexity index is 570. The summed E-state index contributed by atoms with van der Waals surface area (Å²) in [5.41, 5.74) is 0.779. The zero-order chi connectivity index (χ0) is 14.0. The van der Waals surface area contributed by atoms with Crippen LogP contribution in [0.5, 0.6) is 0 Å². The number of hydrogen-bond donors (Lipinski definition) is 1. The molecule has 2 unspecified atom stereocenters. The molecule has 104 valence electrons. The van der Waals surface area contributed by atoms with E-state index in [2.05, 4.69) is 10.1 Å². The van der Waals surface area contributed by atoms with E-state index < -0.39 is 27.9 Å². The lowest BCUT2D eigenvalue weighted by Gasteiger charge is -2.29. The molecule has 0 bridgehead atoms. The molecule has 1 aliphatic heterocycles. The second-order valence-corrected chi connectivity index (χ2v) is 7.01. The van der Waals surface area contributed by atoms with Crippen LogP contribution < -0.4 is 5.32 Å². The summed E-state index contributed by atoms with van der Waals surface area (Å²) < 4.78 is 28.3. The lowest BCUT2D eigenvalue weighted by Crippen LogP contribution is -2.51. The van der Waals surface area contributed by atoms with Crippen molar-refractivity contribution >= 4 is 27.4 Å². The summed E-state index contributed by atoms with van der Waals surface area (Å²) in [6, 6.07) is 5.61. The van der Waals surface area contributed by atoms with Crippen LogP contribution >= 0.6 is 11.6 Å². The number of rotatable bonds is 2. The van der Waals surface area contributed by atoms with E-state index in [1.54, 1.807) is 24.3 Å². The standard InChI is InChI=1S/C12H14ClNO4S/c1-18-12(15)11-7-19(16,17)6-10(14-11)8-2-4-9(13)5-3-8/h2-5,10-11,14H,6-7H2,1H3. The molecule has 5 nitrogen and oxygen atoms in total. The van der Waals surface area contributed by atoms with Gasteiger partial charge in [0.1, 0.15) is 6.04 Å². The van der Waals surface area contributed by atoms with E-state index in [1.807, 2.05) is 0 Å². The van der Waals surface area contributed by atoms with Crippen molar-refractivity contribution in [2.24, 2.45) is 0 Å². The van der Waals surface area contributed by atoms with E-state index in [9.17, 15) is 13.2 Å². The first-order valence-electron chi connectivity index (χ1n) is 5.71. The van der Waals surface area contributed by atoms with E-state index in [-0.39, 0.29) is 11.5 Å². The number of esters is 1. The Morgan fingerprint density at radius 2 is 1.95 bits per heavy atom. The lowest BCUT2D eigenvalue weighted by molar-refractivity contribution is -0.142. The molecule has 2 rings (SSSR count). The van der Waals surface area contributed by atoms with Gasteiger partial charge in [0.25, 0.3) is 0 Å². The summed E-state index contributed by atoms with van der Waals surface area (Å²) in [6.45, 7) is 0. The molecule has 1 aromatic carbocycles. The van der Waals surface area contributed by atoms with Gasteiger partial charge in [-0.25, -0.2) is 8.42 Å². The van der Waals surface area contributed by atoms with Gasteiger partial charge in [0.15, 0.2) is 9.84 Å². The fourth-order valence-electron chi connectivity index (χ4n) is 2.08. The third kappa shape index (κ3) is 3.46. The van der Waals surface area contributed by atoms with Gasteiger partial charge in [0.05, 0.1) is 18.6 Å². The van der Waals surface area contributed by atoms with Crippen LogP contribution in [0.4, 0.5) is 0 Å². The number of carbonyl (C=O) groups excluding carboxylic acids is 1. The molecule has 1 aromatic rings. The molecule has 7 heteroatoms. The second-order valence-electron chi connectivity index (χ2n) is 4.42. The van der Waals surface area contributed by atoms with Crippen LogP contribution in [0.2, 0.25) is 5.02 Å². The highest BCUT2D eigenvalue weighted by atomic mass is 35.5. The predicted molar refractivity (Wildman–Crippen MR) is 71.8 cm³/mol. The Kier molecular flexibility index (Phi) is 4.13. The Morgan fingerprint density at radius 1 is 1.32 bits per heavy atom. The largest absolute Gasteiger partial charge is 0.468 e. The summed E-state index contributed by atoms with van der Waals surface area (Å²) in [5, 5.41) is 3.57. The summed E-state index contributed by atoms with van der Waals surface area (Å²) in [5.74, 6) is -0.839. The molecule has 19 heavy (non-hydrogen) atoms. The third-order valence-electron chi connectivity index (χ3n) is 3.00. The monoisotopic (exact) mass is 303 g/mol. The highest BCUT2D eigenvalue weighted by molar-refractivity contribution is 7.91. The molecule has 2 atom stereocenters. The highest BCUT2D eigenvalue weighted by Gasteiger charge is 2.36. The van der Waals surface area contributed by atoms with Crippen molar-refractivity contribution in [1.29, 1.82) is 0 Å². The van der Waals surface area contributed by atoms with Crippen molar-refractivity contribution in [2.75, 3.05) is 18.6 Å². The molecule has 1 aliphatic rings. The van der Waals surface area contributed by atoms with Gasteiger partial charge in [-0.1, -0.05) is 23.7 Å². The smallest absolute Gasteiger partial charge is 0.323 e. The van der Waals surface area contributed by atoms with Crippen LogP contribution in [-0.4, -0.2) is 39.0 Å². The number of hydrogen-bond acceptors (Lipinski definition) is 5. The van der Waals surface area contributed by atoms with E-state index >= 15 is 0 Å². The van der Waals surface area contributed by atoms with Crippen molar-refractivity contribution in [1.82, 2.24) is 5.32 Å². The molecule has 0 spiro atoms. The van der Waals surface area contributed by atoms with Gasteiger partial charge in [-0.05, 0) is 17.7 Å². The van der Waals surface area contributed by atoms with E-state index in [4.69, 9.17) is 11.6 Å². The Labute approximate surface area is 116 Å². The maximum Gasteiger partial charge on any atom is 0.323 e. The number of nitrogens with one attached hydrogen (secondary N) is 1. The van der Waals surface area contributed by atoms with Crippen LogP contribution in [0, 0.1) is 0 Å². The molecule has 1 fully saturated rings. The first kappa shape index (κ1) is 14.3. The van der Waals surface area contributed by atoms with Crippen LogP contribution in [0.15, 0.2) is 24.3 Å². The number of ether oxygens (including phenoxy) is 1. The predicted octanol–water partition coefficient (Wildman–Crippen LogP) is 0.941. The summed E-state index contributed by atoms with van der Waals surface area (Å²) in [7, 11) is -2.05. The normalized spacial score (nSPS) is 25.8. The maximum absolute atomic E-state index is 11.9. The van der Waals surface area contributed by atoms with Crippen molar-refractivity contribution in [3.8, 4) is 0 Å². The fourth-order valence-corrected chi connectivity index (χ4v) is 3.88.